The van der Waals surface area contributed by atoms with Gasteiger partial charge in [-0.25, -0.2) is 4.39 Å². The smallest absolute Gasteiger partial charge is 0.166 e. The number of ether oxygens (including phenoxy) is 1. The quantitative estimate of drug-likeness (QED) is 0.641. The Hall–Kier alpha value is -0.870. The van der Waals surface area contributed by atoms with Crippen LogP contribution in [0.1, 0.15) is 6.92 Å². The molecule has 1 rings (SSSR count). The van der Waals surface area contributed by atoms with Crippen molar-refractivity contribution in [3.05, 3.63) is 41.1 Å². The van der Waals surface area contributed by atoms with Gasteiger partial charge in [0.1, 0.15) is 6.10 Å². The maximum Gasteiger partial charge on any atom is 0.166 e. The van der Waals surface area contributed by atoms with Crippen LogP contribution in [0.25, 0.3) is 0 Å². The van der Waals surface area contributed by atoms with Crippen LogP contribution in [0.5, 0.6) is 5.75 Å². The van der Waals surface area contributed by atoms with Gasteiger partial charge in [0.25, 0.3) is 0 Å². The van der Waals surface area contributed by atoms with Gasteiger partial charge in [0.2, 0.25) is 0 Å². The van der Waals surface area contributed by atoms with Gasteiger partial charge >= 0.3 is 0 Å². The lowest BCUT2D eigenvalue weighted by Crippen LogP contribution is -2.29. The Morgan fingerprint density at radius 1 is 1.62 bits per heavy atom. The summed E-state index contributed by atoms with van der Waals surface area (Å²) in [6.07, 6.45) is 1.68. The maximum atomic E-state index is 13.4. The molecule has 0 heterocycles. The Labute approximate surface area is 104 Å². The fraction of sp³-hybridized carbons (Fsp3) is 0.333. The minimum absolute atomic E-state index is 0.0874. The summed E-state index contributed by atoms with van der Waals surface area (Å²) in [6, 6.07) is 4.75. The molecule has 16 heavy (non-hydrogen) atoms. The van der Waals surface area contributed by atoms with Crippen molar-refractivity contribution in [1.82, 2.24) is 5.32 Å². The Bertz CT molecular complexity index is 357. The average molecular weight is 288 g/mol. The molecule has 0 saturated carbocycles. The van der Waals surface area contributed by atoms with Crippen molar-refractivity contribution in [1.29, 1.82) is 0 Å². The standard InChI is InChI=1S/C12H15BrFNO/c1-3-6-15-8-9(2)16-12-5-4-10(13)7-11(12)14/h3-5,7,9,15H,1,6,8H2,2H3. The lowest BCUT2D eigenvalue weighted by Gasteiger charge is -2.15. The van der Waals surface area contributed by atoms with Gasteiger partial charge in [-0.1, -0.05) is 22.0 Å². The van der Waals surface area contributed by atoms with Gasteiger partial charge in [-0.3, -0.25) is 0 Å². The summed E-state index contributed by atoms with van der Waals surface area (Å²) in [4.78, 5) is 0. The van der Waals surface area contributed by atoms with Gasteiger partial charge < -0.3 is 10.1 Å². The van der Waals surface area contributed by atoms with Gasteiger partial charge in [-0.2, -0.15) is 0 Å². The van der Waals surface area contributed by atoms with E-state index in [1.807, 2.05) is 6.92 Å². The van der Waals surface area contributed by atoms with Crippen molar-refractivity contribution >= 4 is 15.9 Å². The first-order valence-electron chi connectivity index (χ1n) is 5.07. The van der Waals surface area contributed by atoms with Crippen molar-refractivity contribution in [2.45, 2.75) is 13.0 Å². The summed E-state index contributed by atoms with van der Waals surface area (Å²) in [5, 5.41) is 3.11. The molecule has 1 aromatic rings. The molecule has 0 spiro atoms. The number of nitrogens with one attached hydrogen (secondary N) is 1. The summed E-state index contributed by atoms with van der Waals surface area (Å²) < 4.78 is 19.6. The fourth-order valence-electron chi connectivity index (χ4n) is 1.22. The van der Waals surface area contributed by atoms with Crippen LogP contribution in [0.15, 0.2) is 35.3 Å². The molecular weight excluding hydrogens is 273 g/mol. The lowest BCUT2D eigenvalue weighted by molar-refractivity contribution is 0.209. The summed E-state index contributed by atoms with van der Waals surface area (Å²) in [5.74, 6) is -0.0824. The fourth-order valence-corrected chi connectivity index (χ4v) is 1.55. The predicted octanol–water partition coefficient (Wildman–Crippen LogP) is 3.13. The van der Waals surface area contributed by atoms with Crippen LogP contribution in [0, 0.1) is 5.82 Å². The van der Waals surface area contributed by atoms with E-state index in [9.17, 15) is 4.39 Å². The van der Waals surface area contributed by atoms with Crippen LogP contribution in [-0.2, 0) is 0 Å². The van der Waals surface area contributed by atoms with Crippen LogP contribution in [-0.4, -0.2) is 19.2 Å². The molecule has 0 saturated heterocycles. The van der Waals surface area contributed by atoms with Crippen molar-refractivity contribution in [3.8, 4) is 5.75 Å². The lowest BCUT2D eigenvalue weighted by atomic mass is 10.3. The van der Waals surface area contributed by atoms with E-state index in [1.165, 1.54) is 6.07 Å². The topological polar surface area (TPSA) is 21.3 Å². The molecule has 1 unspecified atom stereocenters. The number of rotatable bonds is 6. The van der Waals surface area contributed by atoms with Crippen LogP contribution in [0.4, 0.5) is 4.39 Å². The van der Waals surface area contributed by atoms with Gasteiger partial charge in [0.15, 0.2) is 11.6 Å². The highest BCUT2D eigenvalue weighted by Crippen LogP contribution is 2.22. The minimum atomic E-state index is -0.357. The highest BCUT2D eigenvalue weighted by Gasteiger charge is 2.08. The molecule has 0 fully saturated rings. The zero-order valence-corrected chi connectivity index (χ0v) is 10.8. The molecule has 1 aromatic carbocycles. The van der Waals surface area contributed by atoms with Crippen LogP contribution in [0.2, 0.25) is 0 Å². The van der Waals surface area contributed by atoms with E-state index in [0.717, 1.165) is 6.54 Å². The first-order chi connectivity index (χ1) is 7.63. The van der Waals surface area contributed by atoms with Crippen LogP contribution >= 0.6 is 15.9 Å². The molecule has 88 valence electrons. The normalized spacial score (nSPS) is 12.2. The van der Waals surface area contributed by atoms with E-state index >= 15 is 0 Å². The third-order valence-electron chi connectivity index (χ3n) is 1.94. The van der Waals surface area contributed by atoms with Crippen LogP contribution in [0.3, 0.4) is 0 Å². The third-order valence-corrected chi connectivity index (χ3v) is 2.44. The van der Waals surface area contributed by atoms with E-state index in [0.29, 0.717) is 11.0 Å². The van der Waals surface area contributed by atoms with E-state index in [4.69, 9.17) is 4.74 Å². The van der Waals surface area contributed by atoms with E-state index in [-0.39, 0.29) is 17.7 Å². The van der Waals surface area contributed by atoms with Crippen molar-refractivity contribution in [3.63, 3.8) is 0 Å². The molecule has 4 heteroatoms. The largest absolute Gasteiger partial charge is 0.486 e. The first kappa shape index (κ1) is 13.2. The van der Waals surface area contributed by atoms with Crippen molar-refractivity contribution < 1.29 is 9.13 Å². The van der Waals surface area contributed by atoms with Gasteiger partial charge in [0, 0.05) is 17.6 Å². The summed E-state index contributed by atoms with van der Waals surface area (Å²) in [6.45, 7) is 6.86. The van der Waals surface area contributed by atoms with E-state index < -0.39 is 0 Å². The predicted molar refractivity (Wildman–Crippen MR) is 67.3 cm³/mol. The maximum absolute atomic E-state index is 13.4. The number of benzene rings is 1. The number of halogens is 2. The average Bonchev–Trinajstić information content (AvgIpc) is 2.23. The molecule has 0 aromatic heterocycles. The number of hydrogen-bond acceptors (Lipinski definition) is 2. The van der Waals surface area contributed by atoms with E-state index in [1.54, 1.807) is 18.2 Å². The summed E-state index contributed by atoms with van der Waals surface area (Å²) in [7, 11) is 0. The Kier molecular flexibility index (Phi) is 5.49. The molecule has 0 radical (unpaired) electrons. The zero-order valence-electron chi connectivity index (χ0n) is 9.17. The number of hydrogen-bond donors (Lipinski definition) is 1. The first-order valence-corrected chi connectivity index (χ1v) is 5.86. The highest BCUT2D eigenvalue weighted by molar-refractivity contribution is 9.10. The molecule has 2 nitrogen and oxygen atoms in total. The molecule has 1 N–H and O–H groups in total. The molecule has 0 bridgehead atoms. The molecule has 1 atom stereocenters. The van der Waals surface area contributed by atoms with Gasteiger partial charge in [-0.05, 0) is 25.1 Å². The summed E-state index contributed by atoms with van der Waals surface area (Å²) >= 11 is 3.19. The van der Waals surface area contributed by atoms with E-state index in [2.05, 4.69) is 27.8 Å². The molecule has 0 aliphatic heterocycles. The second kappa shape index (κ2) is 6.66. The Morgan fingerprint density at radius 3 is 3.00 bits per heavy atom. The minimum Gasteiger partial charge on any atom is -0.486 e. The Morgan fingerprint density at radius 2 is 2.38 bits per heavy atom. The molecule has 0 amide bonds. The van der Waals surface area contributed by atoms with Gasteiger partial charge in [-0.15, -0.1) is 6.58 Å². The molecule has 0 aliphatic rings. The highest BCUT2D eigenvalue weighted by atomic mass is 79.9. The van der Waals surface area contributed by atoms with Crippen LogP contribution < -0.4 is 10.1 Å². The second-order valence-corrected chi connectivity index (χ2v) is 4.37. The van der Waals surface area contributed by atoms with Gasteiger partial charge in [0.05, 0.1) is 0 Å². The monoisotopic (exact) mass is 287 g/mol. The van der Waals surface area contributed by atoms with Crippen molar-refractivity contribution in [2.24, 2.45) is 0 Å². The molecular formula is C12H15BrFNO. The SMILES string of the molecule is C=CCNCC(C)Oc1ccc(Br)cc1F. The Balaban J connectivity index is 2.49. The molecule has 0 aliphatic carbocycles. The summed E-state index contributed by atoms with van der Waals surface area (Å²) in [5.41, 5.74) is 0. The third kappa shape index (κ3) is 4.33. The van der Waals surface area contributed by atoms with Crippen molar-refractivity contribution in [2.75, 3.05) is 13.1 Å². The second-order valence-electron chi connectivity index (χ2n) is 3.45. The zero-order chi connectivity index (χ0) is 12.0.